The number of ether oxygens (including phenoxy) is 1. The van der Waals surface area contributed by atoms with Crippen LogP contribution in [0.25, 0.3) is 0 Å². The standard InChI is InChI=1S/C15H29N3O2/c1-14(2,3)20-13(19)17-10-6-15(12-16,7-11-17)18-8-4-5-9-18/h4-12,16H2,1-3H3. The molecular weight excluding hydrogens is 254 g/mol. The zero-order chi connectivity index (χ0) is 14.8. The monoisotopic (exact) mass is 283 g/mol. The Labute approximate surface area is 122 Å². The minimum absolute atomic E-state index is 0.106. The van der Waals surface area contributed by atoms with Crippen LogP contribution in [0, 0.1) is 0 Å². The summed E-state index contributed by atoms with van der Waals surface area (Å²) in [6, 6.07) is 0. The van der Waals surface area contributed by atoms with Gasteiger partial charge < -0.3 is 15.4 Å². The van der Waals surface area contributed by atoms with Gasteiger partial charge in [-0.3, -0.25) is 4.90 Å². The molecule has 2 N–H and O–H groups in total. The number of hydrogen-bond acceptors (Lipinski definition) is 4. The smallest absolute Gasteiger partial charge is 0.410 e. The summed E-state index contributed by atoms with van der Waals surface area (Å²) in [5, 5.41) is 0. The number of piperidine rings is 1. The highest BCUT2D eigenvalue weighted by Crippen LogP contribution is 2.31. The number of hydrogen-bond donors (Lipinski definition) is 1. The van der Waals surface area contributed by atoms with E-state index < -0.39 is 5.60 Å². The molecule has 2 aliphatic heterocycles. The van der Waals surface area contributed by atoms with E-state index in [1.54, 1.807) is 0 Å². The van der Waals surface area contributed by atoms with Crippen LogP contribution in [-0.4, -0.2) is 59.8 Å². The molecule has 5 heteroatoms. The van der Waals surface area contributed by atoms with E-state index in [0.717, 1.165) is 39.0 Å². The van der Waals surface area contributed by atoms with Crippen LogP contribution in [0.4, 0.5) is 4.79 Å². The van der Waals surface area contributed by atoms with Crippen LogP contribution in [0.3, 0.4) is 0 Å². The summed E-state index contributed by atoms with van der Waals surface area (Å²) in [4.78, 5) is 16.5. The minimum Gasteiger partial charge on any atom is -0.444 e. The van der Waals surface area contributed by atoms with Gasteiger partial charge in [0, 0.05) is 25.2 Å². The summed E-state index contributed by atoms with van der Waals surface area (Å²) >= 11 is 0. The van der Waals surface area contributed by atoms with Gasteiger partial charge in [-0.2, -0.15) is 0 Å². The summed E-state index contributed by atoms with van der Waals surface area (Å²) in [6.45, 7) is 10.2. The van der Waals surface area contributed by atoms with Crippen molar-refractivity contribution in [3.8, 4) is 0 Å². The first-order chi connectivity index (χ1) is 9.36. The van der Waals surface area contributed by atoms with Gasteiger partial charge in [0.2, 0.25) is 0 Å². The van der Waals surface area contributed by atoms with Crippen LogP contribution >= 0.6 is 0 Å². The normalized spacial score (nSPS) is 23.9. The average molecular weight is 283 g/mol. The van der Waals surface area contributed by atoms with Gasteiger partial charge in [-0.1, -0.05) is 0 Å². The van der Waals surface area contributed by atoms with Gasteiger partial charge in [0.1, 0.15) is 5.60 Å². The van der Waals surface area contributed by atoms with Crippen LogP contribution in [-0.2, 0) is 4.74 Å². The van der Waals surface area contributed by atoms with Crippen LogP contribution in [0.15, 0.2) is 0 Å². The molecular formula is C15H29N3O2. The second kappa shape index (κ2) is 5.90. The lowest BCUT2D eigenvalue weighted by Gasteiger charge is -2.47. The molecule has 0 spiro atoms. The molecule has 116 valence electrons. The van der Waals surface area contributed by atoms with Gasteiger partial charge in [-0.25, -0.2) is 4.79 Å². The zero-order valence-electron chi connectivity index (χ0n) is 13.2. The quantitative estimate of drug-likeness (QED) is 0.839. The number of carbonyl (C=O) groups is 1. The maximum absolute atomic E-state index is 12.1. The first kappa shape index (κ1) is 15.6. The molecule has 2 rings (SSSR count). The molecule has 0 aliphatic carbocycles. The fraction of sp³-hybridized carbons (Fsp3) is 0.933. The van der Waals surface area contributed by atoms with Crippen molar-refractivity contribution in [2.75, 3.05) is 32.7 Å². The molecule has 0 radical (unpaired) electrons. The lowest BCUT2D eigenvalue weighted by Crippen LogP contribution is -2.59. The van der Waals surface area contributed by atoms with Gasteiger partial charge in [-0.05, 0) is 59.5 Å². The van der Waals surface area contributed by atoms with Crippen molar-refractivity contribution in [2.24, 2.45) is 5.73 Å². The molecule has 0 bridgehead atoms. The Kier molecular flexibility index (Phi) is 4.59. The fourth-order valence-corrected chi connectivity index (χ4v) is 3.27. The summed E-state index contributed by atoms with van der Waals surface area (Å²) in [7, 11) is 0. The van der Waals surface area contributed by atoms with Gasteiger partial charge in [-0.15, -0.1) is 0 Å². The third-order valence-electron chi connectivity index (χ3n) is 4.50. The number of nitrogens with two attached hydrogens (primary N) is 1. The van der Waals surface area contributed by atoms with Gasteiger partial charge in [0.15, 0.2) is 0 Å². The van der Waals surface area contributed by atoms with Crippen molar-refractivity contribution in [3.05, 3.63) is 0 Å². The second-order valence-electron chi connectivity index (χ2n) is 7.09. The molecule has 0 aromatic rings. The van der Waals surface area contributed by atoms with E-state index in [9.17, 15) is 4.79 Å². The predicted molar refractivity (Wildman–Crippen MR) is 79.6 cm³/mol. The Morgan fingerprint density at radius 3 is 2.15 bits per heavy atom. The summed E-state index contributed by atoms with van der Waals surface area (Å²) < 4.78 is 5.45. The number of carbonyl (C=O) groups excluding carboxylic acids is 1. The molecule has 2 aliphatic rings. The summed E-state index contributed by atoms with van der Waals surface area (Å²) in [6.07, 6.45) is 4.28. The molecule has 1 amide bonds. The van der Waals surface area contributed by atoms with Gasteiger partial charge in [0.25, 0.3) is 0 Å². The first-order valence-electron chi connectivity index (χ1n) is 7.79. The van der Waals surface area contributed by atoms with Gasteiger partial charge >= 0.3 is 6.09 Å². The highest BCUT2D eigenvalue weighted by atomic mass is 16.6. The molecule has 2 heterocycles. The Balaban J connectivity index is 1.92. The number of amides is 1. The molecule has 0 atom stereocenters. The summed E-state index contributed by atoms with van der Waals surface area (Å²) in [5.41, 5.74) is 5.75. The van der Waals surface area contributed by atoms with Gasteiger partial charge in [0.05, 0.1) is 0 Å². The highest BCUT2D eigenvalue weighted by molar-refractivity contribution is 5.68. The lowest BCUT2D eigenvalue weighted by molar-refractivity contribution is 0.000442. The maximum Gasteiger partial charge on any atom is 0.410 e. The Hall–Kier alpha value is -0.810. The van der Waals surface area contributed by atoms with Crippen LogP contribution in [0.5, 0.6) is 0 Å². The summed E-state index contributed by atoms with van der Waals surface area (Å²) in [5.74, 6) is 0. The topological polar surface area (TPSA) is 58.8 Å². The molecule has 0 saturated carbocycles. The van der Waals surface area contributed by atoms with Crippen molar-refractivity contribution in [1.29, 1.82) is 0 Å². The highest BCUT2D eigenvalue weighted by Gasteiger charge is 2.41. The van der Waals surface area contributed by atoms with Crippen molar-refractivity contribution < 1.29 is 9.53 Å². The van der Waals surface area contributed by atoms with Crippen LogP contribution in [0.1, 0.15) is 46.5 Å². The van der Waals surface area contributed by atoms with E-state index in [1.807, 2.05) is 25.7 Å². The number of rotatable bonds is 2. The van der Waals surface area contributed by atoms with E-state index in [1.165, 1.54) is 12.8 Å². The first-order valence-corrected chi connectivity index (χ1v) is 7.79. The second-order valence-corrected chi connectivity index (χ2v) is 7.09. The van der Waals surface area contributed by atoms with Crippen molar-refractivity contribution in [2.45, 2.75) is 57.6 Å². The third-order valence-corrected chi connectivity index (χ3v) is 4.50. The van der Waals surface area contributed by atoms with Crippen LogP contribution < -0.4 is 5.73 Å². The Bertz CT molecular complexity index is 338. The van der Waals surface area contributed by atoms with Crippen molar-refractivity contribution in [3.63, 3.8) is 0 Å². The maximum atomic E-state index is 12.1. The molecule has 5 nitrogen and oxygen atoms in total. The molecule has 2 saturated heterocycles. The zero-order valence-corrected chi connectivity index (χ0v) is 13.2. The third kappa shape index (κ3) is 3.44. The SMILES string of the molecule is CC(C)(C)OC(=O)N1CCC(CN)(N2CCCC2)CC1. The van der Waals surface area contributed by atoms with E-state index in [4.69, 9.17) is 10.5 Å². The van der Waals surface area contributed by atoms with E-state index >= 15 is 0 Å². The Morgan fingerprint density at radius 1 is 1.15 bits per heavy atom. The molecule has 0 aromatic heterocycles. The van der Waals surface area contributed by atoms with E-state index in [2.05, 4.69) is 4.90 Å². The number of nitrogens with zero attached hydrogens (tertiary/aromatic N) is 2. The molecule has 0 aromatic carbocycles. The van der Waals surface area contributed by atoms with E-state index in [0.29, 0.717) is 6.54 Å². The Morgan fingerprint density at radius 2 is 1.70 bits per heavy atom. The molecule has 2 fully saturated rings. The molecule has 20 heavy (non-hydrogen) atoms. The lowest BCUT2D eigenvalue weighted by atomic mass is 9.86. The van der Waals surface area contributed by atoms with Crippen LogP contribution in [0.2, 0.25) is 0 Å². The fourth-order valence-electron chi connectivity index (χ4n) is 3.27. The number of likely N-dealkylation sites (tertiary alicyclic amines) is 2. The molecule has 0 unspecified atom stereocenters. The average Bonchev–Trinajstić information content (AvgIpc) is 2.91. The minimum atomic E-state index is -0.422. The van der Waals surface area contributed by atoms with Crippen molar-refractivity contribution in [1.82, 2.24) is 9.80 Å². The van der Waals surface area contributed by atoms with E-state index in [-0.39, 0.29) is 11.6 Å². The van der Waals surface area contributed by atoms with Crippen molar-refractivity contribution >= 4 is 6.09 Å². The largest absolute Gasteiger partial charge is 0.444 e. The predicted octanol–water partition coefficient (Wildman–Crippen LogP) is 1.81.